The molecule has 1 aromatic rings. The summed E-state index contributed by atoms with van der Waals surface area (Å²) in [5.41, 5.74) is 0.695. The van der Waals surface area contributed by atoms with Gasteiger partial charge < -0.3 is 10.1 Å². The van der Waals surface area contributed by atoms with Crippen molar-refractivity contribution in [3.63, 3.8) is 0 Å². The van der Waals surface area contributed by atoms with Gasteiger partial charge in [0.25, 0.3) is 0 Å². The van der Waals surface area contributed by atoms with Gasteiger partial charge in [0.05, 0.1) is 7.11 Å². The first kappa shape index (κ1) is 14.0. The molecule has 1 rings (SSSR count). The van der Waals surface area contributed by atoms with Crippen LogP contribution in [0.4, 0.5) is 4.39 Å². The second kappa shape index (κ2) is 6.60. The van der Waals surface area contributed by atoms with E-state index < -0.39 is 0 Å². The average Bonchev–Trinajstić information content (AvgIpc) is 2.36. The maximum atomic E-state index is 14.2. The lowest BCUT2D eigenvalue weighted by molar-refractivity contribution is 0.338. The van der Waals surface area contributed by atoms with Crippen LogP contribution < -0.4 is 10.1 Å². The highest BCUT2D eigenvalue weighted by Crippen LogP contribution is 2.32. The van der Waals surface area contributed by atoms with Crippen molar-refractivity contribution in [2.24, 2.45) is 5.92 Å². The molecule has 3 heteroatoms. The summed E-state index contributed by atoms with van der Waals surface area (Å²) in [6.07, 6.45) is 2.05. The van der Waals surface area contributed by atoms with Crippen molar-refractivity contribution in [1.29, 1.82) is 0 Å². The molecule has 0 bridgehead atoms. The number of halogens is 1. The molecule has 0 aliphatic rings. The third-order valence-corrected chi connectivity index (χ3v) is 3.38. The number of hydrogen-bond donors (Lipinski definition) is 1. The van der Waals surface area contributed by atoms with E-state index in [4.69, 9.17) is 4.74 Å². The van der Waals surface area contributed by atoms with Crippen LogP contribution in [0.3, 0.4) is 0 Å². The fourth-order valence-corrected chi connectivity index (χ4v) is 2.33. The summed E-state index contributed by atoms with van der Waals surface area (Å²) in [7, 11) is 3.37. The summed E-state index contributed by atoms with van der Waals surface area (Å²) >= 11 is 0. The van der Waals surface area contributed by atoms with Crippen molar-refractivity contribution in [3.05, 3.63) is 29.6 Å². The zero-order valence-electron chi connectivity index (χ0n) is 11.1. The molecule has 1 aromatic carbocycles. The van der Waals surface area contributed by atoms with Crippen LogP contribution in [0.5, 0.6) is 5.75 Å². The monoisotopic (exact) mass is 239 g/mol. The predicted octanol–water partition coefficient (Wildman–Crippen LogP) is 3.53. The van der Waals surface area contributed by atoms with Gasteiger partial charge in [0.1, 0.15) is 0 Å². The summed E-state index contributed by atoms with van der Waals surface area (Å²) in [4.78, 5) is 0. The highest BCUT2D eigenvalue weighted by Gasteiger charge is 2.23. The Bertz CT molecular complexity index is 350. The Morgan fingerprint density at radius 1 is 1.29 bits per heavy atom. The minimum atomic E-state index is -0.249. The molecule has 0 aliphatic heterocycles. The second-order valence-corrected chi connectivity index (χ2v) is 4.21. The Morgan fingerprint density at radius 2 is 1.94 bits per heavy atom. The van der Waals surface area contributed by atoms with Crippen molar-refractivity contribution < 1.29 is 9.13 Å². The number of rotatable bonds is 6. The Labute approximate surface area is 103 Å². The molecule has 1 unspecified atom stereocenters. The Hall–Kier alpha value is -1.09. The van der Waals surface area contributed by atoms with Crippen LogP contribution in [0.1, 0.15) is 38.3 Å². The minimum Gasteiger partial charge on any atom is -0.494 e. The number of methoxy groups -OCH3 is 1. The molecular weight excluding hydrogens is 217 g/mol. The van der Waals surface area contributed by atoms with Gasteiger partial charge >= 0.3 is 0 Å². The minimum absolute atomic E-state index is 0.0418. The molecule has 1 atom stereocenters. The number of benzene rings is 1. The van der Waals surface area contributed by atoms with Crippen molar-refractivity contribution in [1.82, 2.24) is 5.32 Å². The highest BCUT2D eigenvalue weighted by molar-refractivity contribution is 5.33. The van der Waals surface area contributed by atoms with Crippen LogP contribution in [0, 0.1) is 11.7 Å². The van der Waals surface area contributed by atoms with Crippen molar-refractivity contribution >= 4 is 0 Å². The molecule has 0 heterocycles. The van der Waals surface area contributed by atoms with Gasteiger partial charge in [-0.15, -0.1) is 0 Å². The van der Waals surface area contributed by atoms with E-state index in [1.165, 1.54) is 7.11 Å². The van der Waals surface area contributed by atoms with Gasteiger partial charge in [-0.25, -0.2) is 4.39 Å². The molecule has 2 nitrogen and oxygen atoms in total. The standard InChI is InChI=1S/C14H22FNO/c1-5-10(6-2)14(16-3)11-8-7-9-12(17-4)13(11)15/h7-10,14,16H,5-6H2,1-4H3. The fraction of sp³-hybridized carbons (Fsp3) is 0.571. The molecule has 0 saturated heterocycles. The topological polar surface area (TPSA) is 21.3 Å². The Kier molecular flexibility index (Phi) is 5.42. The van der Waals surface area contributed by atoms with Crippen molar-refractivity contribution in [2.75, 3.05) is 14.2 Å². The van der Waals surface area contributed by atoms with Crippen LogP contribution in [0.25, 0.3) is 0 Å². The quantitative estimate of drug-likeness (QED) is 0.820. The smallest absolute Gasteiger partial charge is 0.169 e. The third kappa shape index (κ3) is 2.97. The summed E-state index contributed by atoms with van der Waals surface area (Å²) in [5, 5.41) is 3.22. The van der Waals surface area contributed by atoms with Crippen LogP contribution in [-0.4, -0.2) is 14.2 Å². The zero-order chi connectivity index (χ0) is 12.8. The van der Waals surface area contributed by atoms with E-state index in [9.17, 15) is 4.39 Å². The molecular formula is C14H22FNO. The maximum Gasteiger partial charge on any atom is 0.169 e. The van der Waals surface area contributed by atoms with Gasteiger partial charge in [-0.05, 0) is 19.0 Å². The number of ether oxygens (including phenoxy) is 1. The van der Waals surface area contributed by atoms with Gasteiger partial charge in [0.2, 0.25) is 0 Å². The first-order valence-electron chi connectivity index (χ1n) is 6.19. The first-order valence-corrected chi connectivity index (χ1v) is 6.19. The Morgan fingerprint density at radius 3 is 2.41 bits per heavy atom. The normalized spacial score (nSPS) is 12.8. The predicted molar refractivity (Wildman–Crippen MR) is 68.8 cm³/mol. The van der Waals surface area contributed by atoms with Gasteiger partial charge in [0.15, 0.2) is 11.6 Å². The maximum absolute atomic E-state index is 14.2. The lowest BCUT2D eigenvalue weighted by Crippen LogP contribution is -2.25. The molecule has 0 saturated carbocycles. The zero-order valence-corrected chi connectivity index (χ0v) is 11.1. The fourth-order valence-electron chi connectivity index (χ4n) is 2.33. The van der Waals surface area contributed by atoms with E-state index >= 15 is 0 Å². The van der Waals surface area contributed by atoms with Gasteiger partial charge in [-0.3, -0.25) is 0 Å². The summed E-state index contributed by atoms with van der Waals surface area (Å²) in [5.74, 6) is 0.497. The number of hydrogen-bond acceptors (Lipinski definition) is 2. The molecule has 0 amide bonds. The summed E-state index contributed by atoms with van der Waals surface area (Å²) in [6, 6.07) is 5.36. The van der Waals surface area contributed by atoms with E-state index in [0.717, 1.165) is 12.8 Å². The largest absolute Gasteiger partial charge is 0.494 e. The molecule has 0 spiro atoms. The van der Waals surface area contributed by atoms with Crippen LogP contribution in [0.2, 0.25) is 0 Å². The van der Waals surface area contributed by atoms with E-state index in [2.05, 4.69) is 19.2 Å². The van der Waals surface area contributed by atoms with E-state index in [0.29, 0.717) is 17.2 Å². The molecule has 17 heavy (non-hydrogen) atoms. The van der Waals surface area contributed by atoms with E-state index in [1.807, 2.05) is 19.2 Å². The number of nitrogens with one attached hydrogen (secondary N) is 1. The van der Waals surface area contributed by atoms with Gasteiger partial charge in [0, 0.05) is 11.6 Å². The summed E-state index contributed by atoms with van der Waals surface area (Å²) in [6.45, 7) is 4.27. The van der Waals surface area contributed by atoms with Crippen LogP contribution in [0.15, 0.2) is 18.2 Å². The molecule has 0 aliphatic carbocycles. The van der Waals surface area contributed by atoms with Gasteiger partial charge in [-0.1, -0.05) is 38.8 Å². The Balaban J connectivity index is 3.11. The third-order valence-electron chi connectivity index (χ3n) is 3.38. The summed E-state index contributed by atoms with van der Waals surface area (Å²) < 4.78 is 19.2. The van der Waals surface area contributed by atoms with Crippen LogP contribution in [-0.2, 0) is 0 Å². The lowest BCUT2D eigenvalue weighted by atomic mass is 9.88. The first-order chi connectivity index (χ1) is 8.19. The molecule has 0 aromatic heterocycles. The van der Waals surface area contributed by atoms with E-state index in [1.54, 1.807) is 6.07 Å². The molecule has 0 radical (unpaired) electrons. The van der Waals surface area contributed by atoms with E-state index in [-0.39, 0.29) is 11.9 Å². The average molecular weight is 239 g/mol. The molecule has 1 N–H and O–H groups in total. The van der Waals surface area contributed by atoms with Crippen LogP contribution >= 0.6 is 0 Å². The molecule has 96 valence electrons. The van der Waals surface area contributed by atoms with Crippen molar-refractivity contribution in [3.8, 4) is 5.75 Å². The lowest BCUT2D eigenvalue weighted by Gasteiger charge is -2.26. The highest BCUT2D eigenvalue weighted by atomic mass is 19.1. The second-order valence-electron chi connectivity index (χ2n) is 4.21. The van der Waals surface area contributed by atoms with Crippen molar-refractivity contribution in [2.45, 2.75) is 32.7 Å². The van der Waals surface area contributed by atoms with Gasteiger partial charge in [-0.2, -0.15) is 0 Å². The molecule has 0 fully saturated rings. The SMILES string of the molecule is CCC(CC)C(NC)c1cccc(OC)c1F.